The van der Waals surface area contributed by atoms with E-state index in [1.54, 1.807) is 36.5 Å². The van der Waals surface area contributed by atoms with Crippen LogP contribution in [0.1, 0.15) is 11.8 Å². The second kappa shape index (κ2) is 7.15. The molecule has 0 spiro atoms. The number of benzene rings is 1. The van der Waals surface area contributed by atoms with E-state index < -0.39 is 5.82 Å². The van der Waals surface area contributed by atoms with Crippen molar-refractivity contribution < 1.29 is 9.18 Å². The average Bonchev–Trinajstić information content (AvgIpc) is 2.85. The number of likely N-dealkylation sites (N-methyl/N-ethyl adjacent to an activating group) is 1. The van der Waals surface area contributed by atoms with Crippen LogP contribution in [-0.2, 0) is 11.3 Å². The van der Waals surface area contributed by atoms with Gasteiger partial charge in [0.1, 0.15) is 5.82 Å². The number of halogens is 2. The second-order valence-corrected chi connectivity index (χ2v) is 7.31. The molecule has 0 aliphatic carbocycles. The number of hydrogen-bond acceptors (Lipinski definition) is 3. The average molecular weight is 371 g/mol. The van der Waals surface area contributed by atoms with E-state index in [1.807, 2.05) is 24.1 Å². The summed E-state index contributed by atoms with van der Waals surface area (Å²) in [5.41, 5.74) is 0.210. The number of carbonyl (C=O) groups is 1. The summed E-state index contributed by atoms with van der Waals surface area (Å²) in [7, 11) is 1.87. The van der Waals surface area contributed by atoms with Crippen LogP contribution in [0.25, 0.3) is 0 Å². The van der Waals surface area contributed by atoms with Gasteiger partial charge in [-0.3, -0.25) is 9.69 Å². The van der Waals surface area contributed by atoms with Crippen LogP contribution in [0.2, 0.25) is 0 Å². The van der Waals surface area contributed by atoms with Gasteiger partial charge in [-0.25, -0.2) is 4.39 Å². The lowest BCUT2D eigenvalue weighted by atomic mass is 10.2. The highest BCUT2D eigenvalue weighted by Gasteiger charge is 2.19. The van der Waals surface area contributed by atoms with Crippen molar-refractivity contribution in [1.82, 2.24) is 4.90 Å². The second-order valence-electron chi connectivity index (χ2n) is 4.77. The van der Waals surface area contributed by atoms with Crippen LogP contribution in [-0.4, -0.2) is 23.9 Å². The van der Waals surface area contributed by atoms with E-state index in [0.717, 1.165) is 8.66 Å². The van der Waals surface area contributed by atoms with Crippen LogP contribution < -0.4 is 5.32 Å². The third-order valence-electron chi connectivity index (χ3n) is 3.21. The highest BCUT2D eigenvalue weighted by atomic mass is 79.9. The Balaban J connectivity index is 1.97. The van der Waals surface area contributed by atoms with Gasteiger partial charge in [0.05, 0.1) is 15.5 Å². The molecule has 21 heavy (non-hydrogen) atoms. The first kappa shape index (κ1) is 16.1. The smallest absolute Gasteiger partial charge is 0.241 e. The molecule has 3 nitrogen and oxygen atoms in total. The molecule has 0 aliphatic heterocycles. The Morgan fingerprint density at radius 2 is 2.10 bits per heavy atom. The normalized spacial score (nSPS) is 12.4. The lowest BCUT2D eigenvalue weighted by molar-refractivity contribution is -0.120. The van der Waals surface area contributed by atoms with Crippen LogP contribution >= 0.6 is 27.3 Å². The lowest BCUT2D eigenvalue weighted by Gasteiger charge is -2.23. The minimum Gasteiger partial charge on any atom is -0.322 e. The molecule has 1 aromatic heterocycles. The van der Waals surface area contributed by atoms with Gasteiger partial charge in [0.15, 0.2) is 0 Å². The molecular formula is C15H16BrFN2OS. The number of nitrogens with zero attached hydrogens (tertiary/aromatic N) is 1. The number of rotatable bonds is 5. The van der Waals surface area contributed by atoms with Gasteiger partial charge in [0.25, 0.3) is 0 Å². The summed E-state index contributed by atoms with van der Waals surface area (Å²) in [5, 5.41) is 2.62. The fraction of sp³-hybridized carbons (Fsp3) is 0.267. The summed E-state index contributed by atoms with van der Waals surface area (Å²) >= 11 is 5.05. The van der Waals surface area contributed by atoms with Crippen LogP contribution in [0.4, 0.5) is 10.1 Å². The van der Waals surface area contributed by atoms with Crippen molar-refractivity contribution in [3.63, 3.8) is 0 Å². The highest BCUT2D eigenvalue weighted by molar-refractivity contribution is 9.11. The van der Waals surface area contributed by atoms with Gasteiger partial charge in [-0.15, -0.1) is 11.3 Å². The van der Waals surface area contributed by atoms with E-state index >= 15 is 0 Å². The Kier molecular flexibility index (Phi) is 5.50. The van der Waals surface area contributed by atoms with Crippen molar-refractivity contribution in [2.24, 2.45) is 0 Å². The summed E-state index contributed by atoms with van der Waals surface area (Å²) in [6.07, 6.45) is 0. The molecule has 1 heterocycles. The van der Waals surface area contributed by atoms with Gasteiger partial charge in [0, 0.05) is 11.4 Å². The van der Waals surface area contributed by atoms with Gasteiger partial charge in [0.2, 0.25) is 5.91 Å². The molecule has 0 aliphatic rings. The van der Waals surface area contributed by atoms with Gasteiger partial charge >= 0.3 is 0 Å². The molecule has 112 valence electrons. The maximum Gasteiger partial charge on any atom is 0.241 e. The molecule has 2 rings (SSSR count). The first-order chi connectivity index (χ1) is 9.97. The molecule has 0 saturated carbocycles. The van der Waals surface area contributed by atoms with E-state index in [-0.39, 0.29) is 17.6 Å². The molecule has 0 radical (unpaired) electrons. The van der Waals surface area contributed by atoms with Crippen LogP contribution in [0.3, 0.4) is 0 Å². The first-order valence-electron chi connectivity index (χ1n) is 6.47. The Morgan fingerprint density at radius 3 is 2.71 bits per heavy atom. The summed E-state index contributed by atoms with van der Waals surface area (Å²) in [5.74, 6) is -0.652. The van der Waals surface area contributed by atoms with Crippen LogP contribution in [0.5, 0.6) is 0 Å². The number of anilines is 1. The minimum absolute atomic E-state index is 0.210. The van der Waals surface area contributed by atoms with Gasteiger partial charge in [-0.1, -0.05) is 12.1 Å². The van der Waals surface area contributed by atoms with E-state index in [0.29, 0.717) is 6.54 Å². The molecule has 6 heteroatoms. The number of carbonyl (C=O) groups excluding carboxylic acids is 1. The van der Waals surface area contributed by atoms with E-state index in [9.17, 15) is 9.18 Å². The molecule has 2 aromatic rings. The van der Waals surface area contributed by atoms with Crippen LogP contribution in [0, 0.1) is 5.82 Å². The SMILES string of the molecule is C[C@H](C(=O)Nc1ccccc1F)N(C)Cc1ccc(Br)s1. The zero-order valence-electron chi connectivity index (χ0n) is 11.8. The molecule has 1 amide bonds. The standard InChI is InChI=1S/C15H16BrFN2OS/c1-10(19(2)9-11-7-8-14(16)21-11)15(20)18-13-6-4-3-5-12(13)17/h3-8,10H,9H2,1-2H3,(H,18,20)/t10-/m1/s1. The van der Waals surface area contributed by atoms with Crippen LogP contribution in [0.15, 0.2) is 40.2 Å². The quantitative estimate of drug-likeness (QED) is 0.858. The largest absolute Gasteiger partial charge is 0.322 e. The van der Waals surface area contributed by atoms with Crippen molar-refractivity contribution in [3.05, 3.63) is 50.9 Å². The number of para-hydroxylation sites is 1. The van der Waals surface area contributed by atoms with Gasteiger partial charge in [-0.2, -0.15) is 0 Å². The highest BCUT2D eigenvalue weighted by Crippen LogP contribution is 2.23. The molecular weight excluding hydrogens is 355 g/mol. The van der Waals surface area contributed by atoms with E-state index in [2.05, 4.69) is 21.2 Å². The summed E-state index contributed by atoms with van der Waals surface area (Å²) in [6, 6.07) is 9.81. The fourth-order valence-corrected chi connectivity index (χ4v) is 3.37. The predicted molar refractivity (Wildman–Crippen MR) is 88.0 cm³/mol. The van der Waals surface area contributed by atoms with Crippen molar-refractivity contribution >= 4 is 38.9 Å². The number of hydrogen-bond donors (Lipinski definition) is 1. The molecule has 1 atom stereocenters. The molecule has 0 fully saturated rings. The fourth-order valence-electron chi connectivity index (χ4n) is 1.82. The Hall–Kier alpha value is -1.24. The third kappa shape index (κ3) is 4.36. The van der Waals surface area contributed by atoms with Crippen molar-refractivity contribution in [1.29, 1.82) is 0 Å². The topological polar surface area (TPSA) is 32.3 Å². The Labute approximate surface area is 135 Å². The van der Waals surface area contributed by atoms with Gasteiger partial charge in [-0.05, 0) is 54.2 Å². The predicted octanol–water partition coefficient (Wildman–Crippen LogP) is 4.11. The Morgan fingerprint density at radius 1 is 1.38 bits per heavy atom. The zero-order chi connectivity index (χ0) is 15.4. The summed E-state index contributed by atoms with van der Waals surface area (Å²) in [6.45, 7) is 2.47. The first-order valence-corrected chi connectivity index (χ1v) is 8.08. The monoisotopic (exact) mass is 370 g/mol. The van der Waals surface area contributed by atoms with E-state index in [4.69, 9.17) is 0 Å². The maximum absolute atomic E-state index is 13.5. The maximum atomic E-state index is 13.5. The summed E-state index contributed by atoms with van der Waals surface area (Å²) < 4.78 is 14.6. The van der Waals surface area contributed by atoms with E-state index in [1.165, 1.54) is 6.07 Å². The zero-order valence-corrected chi connectivity index (χ0v) is 14.2. The number of thiophene rings is 1. The molecule has 0 bridgehead atoms. The third-order valence-corrected chi connectivity index (χ3v) is 4.81. The molecule has 0 saturated heterocycles. The number of nitrogens with one attached hydrogen (secondary N) is 1. The van der Waals surface area contributed by atoms with Crippen molar-refractivity contribution in [2.75, 3.05) is 12.4 Å². The van der Waals surface area contributed by atoms with Crippen molar-refractivity contribution in [2.45, 2.75) is 19.5 Å². The Bertz CT molecular complexity index is 632. The molecule has 1 aromatic carbocycles. The van der Waals surface area contributed by atoms with Crippen molar-refractivity contribution in [3.8, 4) is 0 Å². The van der Waals surface area contributed by atoms with Gasteiger partial charge < -0.3 is 5.32 Å². The minimum atomic E-state index is -0.428. The molecule has 1 N–H and O–H groups in total. The number of amides is 1. The molecule has 0 unspecified atom stereocenters. The lowest BCUT2D eigenvalue weighted by Crippen LogP contribution is -2.39. The summed E-state index contributed by atoms with van der Waals surface area (Å²) in [4.78, 5) is 15.3.